The van der Waals surface area contributed by atoms with Crippen LogP contribution in [0.1, 0.15) is 68.5 Å². The van der Waals surface area contributed by atoms with Gasteiger partial charge in [0.15, 0.2) is 17.0 Å². The zero-order chi connectivity index (χ0) is 40.1. The van der Waals surface area contributed by atoms with Crippen molar-refractivity contribution in [3.63, 3.8) is 0 Å². The first kappa shape index (κ1) is 50.9. The summed E-state index contributed by atoms with van der Waals surface area (Å²) in [5.74, 6) is 0. The second kappa shape index (κ2) is 26.6. The Bertz CT molecular complexity index is 1330. The van der Waals surface area contributed by atoms with Crippen molar-refractivity contribution >= 4 is 46.7 Å². The molecule has 3 rings (SSSR count). The molecule has 2 aromatic heterocycles. The maximum Gasteiger partial charge on any atom is 0.705 e. The molecule has 0 aromatic carbocycles. The SMILES string of the molecule is CC[NH+](CC)CC.CC[NH+](CC)CC.CC[NH+](CC)CC.O=[P+](OC[C@H]1O[C@@H](n2cnc3c(Cl)ncnc32)[C@H](O)[C@@H]1O)OP(=O)([O-])OP(=O)([O-])O[O-]. The molecular weight excluding hydrogens is 771 g/mol. The van der Waals surface area contributed by atoms with E-state index >= 15 is 0 Å². The Morgan fingerprint density at radius 1 is 0.827 bits per heavy atom. The van der Waals surface area contributed by atoms with Gasteiger partial charge in [-0.1, -0.05) is 11.6 Å². The van der Waals surface area contributed by atoms with Crippen LogP contribution in [0, 0.1) is 0 Å². The van der Waals surface area contributed by atoms with Gasteiger partial charge in [0, 0.05) is 4.57 Å². The summed E-state index contributed by atoms with van der Waals surface area (Å²) in [5, 5.41) is 30.2. The van der Waals surface area contributed by atoms with E-state index in [1.807, 2.05) is 0 Å². The van der Waals surface area contributed by atoms with Gasteiger partial charge in [0.25, 0.3) is 7.82 Å². The van der Waals surface area contributed by atoms with Crippen LogP contribution in [0.25, 0.3) is 11.2 Å². The molecule has 0 saturated carbocycles. The molecule has 3 unspecified atom stereocenters. The van der Waals surface area contributed by atoms with E-state index in [0.29, 0.717) is 0 Å². The number of hydrogen-bond donors (Lipinski definition) is 5. The molecule has 2 aromatic rings. The highest BCUT2D eigenvalue weighted by atomic mass is 35.5. The number of phosphoric acid groups is 2. The quantitative estimate of drug-likeness (QED) is 0.0463. The van der Waals surface area contributed by atoms with Gasteiger partial charge in [-0.3, -0.25) is 13.7 Å². The summed E-state index contributed by atoms with van der Waals surface area (Å²) < 4.78 is 54.4. The van der Waals surface area contributed by atoms with Gasteiger partial charge in [0.1, 0.15) is 36.8 Å². The number of aliphatic hydroxyl groups excluding tert-OH is 2. The number of rotatable bonds is 18. The maximum atomic E-state index is 11.6. The molecule has 7 atom stereocenters. The lowest BCUT2D eigenvalue weighted by molar-refractivity contribution is -0.894. The number of nitrogens with zero attached hydrogens (tertiary/aromatic N) is 4. The van der Waals surface area contributed by atoms with E-state index in [0.717, 1.165) is 6.33 Å². The average molecular weight is 829 g/mol. The van der Waals surface area contributed by atoms with E-state index in [4.69, 9.17) is 16.3 Å². The van der Waals surface area contributed by atoms with E-state index in [-0.39, 0.29) is 16.3 Å². The third-order valence-electron chi connectivity index (χ3n) is 8.23. The highest BCUT2D eigenvalue weighted by molar-refractivity contribution is 7.63. The summed E-state index contributed by atoms with van der Waals surface area (Å²) in [6, 6.07) is 0. The van der Waals surface area contributed by atoms with Crippen molar-refractivity contribution in [1.29, 1.82) is 0 Å². The lowest BCUT2D eigenvalue weighted by Gasteiger charge is -2.28. The smallest absolute Gasteiger partial charge is 0.705 e. The predicted octanol–water partition coefficient (Wildman–Crippen LogP) is -2.17. The Labute approximate surface area is 312 Å². The van der Waals surface area contributed by atoms with E-state index in [2.05, 4.69) is 95.1 Å². The number of ether oxygens (including phenoxy) is 1. The topological polar surface area (TPSA) is 264 Å². The van der Waals surface area contributed by atoms with Gasteiger partial charge < -0.3 is 49.4 Å². The van der Waals surface area contributed by atoms with Crippen LogP contribution in [0.5, 0.6) is 0 Å². The Balaban J connectivity index is 0.00000101. The summed E-state index contributed by atoms with van der Waals surface area (Å²) in [6.45, 7) is 30.7. The zero-order valence-electron chi connectivity index (χ0n) is 31.4. The Kier molecular flexibility index (Phi) is 26.1. The molecule has 5 N–H and O–H groups in total. The number of nitrogens with one attached hydrogen (secondary N) is 3. The molecule has 0 spiro atoms. The Hall–Kier alpha value is -1.12. The average Bonchev–Trinajstić information content (AvgIpc) is 3.67. The van der Waals surface area contributed by atoms with Crippen LogP contribution in [0.2, 0.25) is 5.15 Å². The molecule has 304 valence electrons. The second-order valence-corrected chi connectivity index (χ2v) is 15.4. The van der Waals surface area contributed by atoms with Crippen LogP contribution in [0.3, 0.4) is 0 Å². The zero-order valence-corrected chi connectivity index (χ0v) is 34.9. The summed E-state index contributed by atoms with van der Waals surface area (Å²) in [4.78, 5) is 38.7. The van der Waals surface area contributed by atoms with Crippen molar-refractivity contribution in [2.45, 2.75) is 86.9 Å². The van der Waals surface area contributed by atoms with Crippen LogP contribution in [-0.4, -0.2) is 114 Å². The minimum atomic E-state index is -5.81. The summed E-state index contributed by atoms with van der Waals surface area (Å²) in [6.07, 6.45) is -3.40. The number of hydrogen-bond acceptors (Lipinski definition) is 16. The van der Waals surface area contributed by atoms with Gasteiger partial charge >= 0.3 is 16.1 Å². The summed E-state index contributed by atoms with van der Waals surface area (Å²) >= 11 is 5.89. The van der Waals surface area contributed by atoms with Crippen LogP contribution in [-0.2, 0) is 36.3 Å². The number of quaternary nitrogens is 3. The minimum Gasteiger partial charge on any atom is -0.756 e. The Morgan fingerprint density at radius 3 is 1.69 bits per heavy atom. The van der Waals surface area contributed by atoms with Gasteiger partial charge in [0.2, 0.25) is 0 Å². The molecule has 0 amide bonds. The van der Waals surface area contributed by atoms with E-state index in [1.165, 1.54) is 69.8 Å². The number of imidazole rings is 1. The molecule has 20 nitrogen and oxygen atoms in total. The van der Waals surface area contributed by atoms with Gasteiger partial charge in [-0.15, -0.1) is 4.52 Å². The van der Waals surface area contributed by atoms with Crippen LogP contribution < -0.4 is 29.7 Å². The predicted molar refractivity (Wildman–Crippen MR) is 186 cm³/mol. The molecule has 0 bridgehead atoms. The summed E-state index contributed by atoms with van der Waals surface area (Å²) in [5.41, 5.74) is 0.355. The fourth-order valence-corrected chi connectivity index (χ4v) is 7.51. The highest BCUT2D eigenvalue weighted by Gasteiger charge is 2.46. The van der Waals surface area contributed by atoms with Crippen molar-refractivity contribution in [2.24, 2.45) is 0 Å². The van der Waals surface area contributed by atoms with Crippen LogP contribution >= 0.6 is 35.5 Å². The molecule has 0 aliphatic carbocycles. The standard InChI is InChI=1S/C10H12ClN4O13P3.3C6H15N/c11-8-5-9(13-2-12-8)15(3-14-5)10-7(17)6(16)4(25-10)1-24-29(19)27-31(22,23)28-30(20,21)26-18;3*1-4-7(5-2)6-3/h2-4,6-7,10,16-17H,1H2,(H2-,18,20,21,22,23);3*4-6H2,1-3H3/p+1/t4-,6-,7-,10-;;;/m1.../s1. The van der Waals surface area contributed by atoms with Gasteiger partial charge in [0.05, 0.1) is 65.2 Å². The molecule has 24 heteroatoms. The van der Waals surface area contributed by atoms with Gasteiger partial charge in [-0.05, 0) is 66.6 Å². The highest BCUT2D eigenvalue weighted by Crippen LogP contribution is 2.59. The largest absolute Gasteiger partial charge is 0.756 e. The second-order valence-electron chi connectivity index (χ2n) is 11.1. The first-order valence-electron chi connectivity index (χ1n) is 17.3. The maximum absolute atomic E-state index is 11.6. The fourth-order valence-electron chi connectivity index (χ4n) is 4.75. The minimum absolute atomic E-state index is 0.0279. The van der Waals surface area contributed by atoms with Crippen LogP contribution in [0.4, 0.5) is 0 Å². The molecule has 1 fully saturated rings. The molecular formula is C28H58ClN7O13P3+. The normalized spacial score (nSPS) is 21.1. The first-order chi connectivity index (χ1) is 24.5. The molecule has 0 radical (unpaired) electrons. The van der Waals surface area contributed by atoms with Crippen molar-refractivity contribution in [3.05, 3.63) is 17.8 Å². The van der Waals surface area contributed by atoms with Crippen LogP contribution in [0.15, 0.2) is 12.7 Å². The van der Waals surface area contributed by atoms with Gasteiger partial charge in [-0.25, -0.2) is 19.3 Å². The number of aliphatic hydroxyl groups is 2. The molecule has 52 heavy (non-hydrogen) atoms. The fraction of sp³-hybridized carbons (Fsp3) is 0.821. The molecule has 1 saturated heterocycles. The molecule has 1 aliphatic rings. The van der Waals surface area contributed by atoms with Crippen molar-refractivity contribution < 1.29 is 76.2 Å². The third kappa shape index (κ3) is 18.0. The summed E-state index contributed by atoms with van der Waals surface area (Å²) in [7, 11) is -15.2. The lowest BCUT2D eigenvalue weighted by Crippen LogP contribution is -3.11. The molecule has 3 heterocycles. The van der Waals surface area contributed by atoms with Crippen molar-refractivity contribution in [1.82, 2.24) is 19.5 Å². The Morgan fingerprint density at radius 2 is 1.29 bits per heavy atom. The lowest BCUT2D eigenvalue weighted by atomic mass is 10.1. The molecule has 1 aliphatic heterocycles. The number of fused-ring (bicyclic) bond motifs is 1. The third-order valence-corrected chi connectivity index (χ3v) is 12.0. The monoisotopic (exact) mass is 828 g/mol. The number of halogens is 1. The van der Waals surface area contributed by atoms with E-state index in [9.17, 15) is 39.0 Å². The van der Waals surface area contributed by atoms with Crippen molar-refractivity contribution in [2.75, 3.05) is 65.5 Å². The van der Waals surface area contributed by atoms with Gasteiger partial charge in [-0.2, -0.15) is 0 Å². The van der Waals surface area contributed by atoms with E-state index in [1.54, 1.807) is 14.7 Å². The number of aromatic nitrogens is 4. The van der Waals surface area contributed by atoms with E-state index < -0.39 is 55.0 Å². The van der Waals surface area contributed by atoms with Crippen molar-refractivity contribution in [3.8, 4) is 0 Å². The first-order valence-corrected chi connectivity index (χ1v) is 21.7.